The smallest absolute Gasteiger partial charge is 0.266 e. The molecule has 19 heavy (non-hydrogen) atoms. The number of amides is 1. The summed E-state index contributed by atoms with van der Waals surface area (Å²) in [7, 11) is 0. The third-order valence-corrected chi connectivity index (χ3v) is 4.32. The molecule has 0 aromatic rings. The van der Waals surface area contributed by atoms with Crippen LogP contribution in [0.15, 0.2) is 34.9 Å². The summed E-state index contributed by atoms with van der Waals surface area (Å²) in [6, 6.07) is 0. The van der Waals surface area contributed by atoms with Crippen molar-refractivity contribution in [3.63, 3.8) is 0 Å². The Bertz CT molecular complexity index is 509. The minimum atomic E-state index is -0.0277. The first-order valence-corrected chi connectivity index (χ1v) is 7.37. The van der Waals surface area contributed by atoms with E-state index in [4.69, 9.17) is 17.0 Å². The van der Waals surface area contributed by atoms with Gasteiger partial charge in [-0.05, 0) is 26.8 Å². The number of likely N-dealkylation sites (N-methyl/N-ethyl adjacent to an activating group) is 1. The minimum absolute atomic E-state index is 0.0277. The lowest BCUT2D eigenvalue weighted by Crippen LogP contribution is -2.27. The SMILES string of the molecule is CCN1C(=O)/C(=C\C=C2/OC=C(C)N2CC)SC1=S. The lowest BCUT2D eigenvalue weighted by Gasteiger charge is -2.16. The molecule has 2 aliphatic heterocycles. The van der Waals surface area contributed by atoms with Crippen LogP contribution >= 0.6 is 24.0 Å². The first kappa shape index (κ1) is 14.1. The molecule has 0 atom stereocenters. The third kappa shape index (κ3) is 2.69. The normalized spacial score (nSPS) is 23.6. The van der Waals surface area contributed by atoms with Gasteiger partial charge in [0.1, 0.15) is 10.6 Å². The van der Waals surface area contributed by atoms with Gasteiger partial charge in [-0.3, -0.25) is 9.69 Å². The zero-order valence-corrected chi connectivity index (χ0v) is 12.8. The van der Waals surface area contributed by atoms with Gasteiger partial charge < -0.3 is 9.64 Å². The standard InChI is InChI=1S/C13H16N2O2S2/c1-4-14-9(3)8-17-11(14)7-6-10-12(16)15(5-2)13(18)19-10/h6-8H,4-5H2,1-3H3/b10-6+,11-7-. The number of carbonyl (C=O) groups is 1. The molecule has 0 bridgehead atoms. The molecule has 2 rings (SSSR count). The van der Waals surface area contributed by atoms with Crippen molar-refractivity contribution in [3.05, 3.63) is 34.9 Å². The second kappa shape index (κ2) is 5.79. The van der Waals surface area contributed by atoms with Crippen LogP contribution in [0.25, 0.3) is 0 Å². The molecule has 0 spiro atoms. The highest BCUT2D eigenvalue weighted by Gasteiger charge is 2.30. The van der Waals surface area contributed by atoms with Gasteiger partial charge in [0.25, 0.3) is 5.91 Å². The van der Waals surface area contributed by atoms with Crippen LogP contribution in [-0.4, -0.2) is 33.1 Å². The van der Waals surface area contributed by atoms with Gasteiger partial charge in [-0.1, -0.05) is 24.0 Å². The van der Waals surface area contributed by atoms with E-state index in [9.17, 15) is 4.79 Å². The first-order valence-electron chi connectivity index (χ1n) is 6.15. The number of hydrogen-bond donors (Lipinski definition) is 0. The van der Waals surface area contributed by atoms with E-state index in [-0.39, 0.29) is 5.91 Å². The molecule has 0 saturated carbocycles. The molecule has 4 nitrogen and oxygen atoms in total. The van der Waals surface area contributed by atoms with E-state index >= 15 is 0 Å². The Kier molecular flexibility index (Phi) is 4.31. The molecular weight excluding hydrogens is 280 g/mol. The second-order valence-corrected chi connectivity index (χ2v) is 5.75. The van der Waals surface area contributed by atoms with E-state index < -0.39 is 0 Å². The zero-order chi connectivity index (χ0) is 14.0. The molecule has 0 unspecified atom stereocenters. The summed E-state index contributed by atoms with van der Waals surface area (Å²) in [5, 5.41) is 0. The predicted molar refractivity (Wildman–Crippen MR) is 81.0 cm³/mol. The Balaban J connectivity index is 2.16. The second-order valence-electron chi connectivity index (χ2n) is 4.07. The van der Waals surface area contributed by atoms with E-state index in [1.54, 1.807) is 17.2 Å². The van der Waals surface area contributed by atoms with Gasteiger partial charge in [-0.25, -0.2) is 0 Å². The highest BCUT2D eigenvalue weighted by atomic mass is 32.2. The Morgan fingerprint density at radius 1 is 1.32 bits per heavy atom. The fraction of sp³-hybridized carbons (Fsp3) is 0.385. The lowest BCUT2D eigenvalue weighted by atomic mass is 10.4. The summed E-state index contributed by atoms with van der Waals surface area (Å²) >= 11 is 6.49. The number of allylic oxidation sites excluding steroid dienone is 3. The van der Waals surface area contributed by atoms with E-state index in [1.807, 2.05) is 24.8 Å². The largest absolute Gasteiger partial charge is 0.447 e. The zero-order valence-electron chi connectivity index (χ0n) is 11.2. The molecular formula is C13H16N2O2S2. The Labute approximate surface area is 122 Å². The van der Waals surface area contributed by atoms with Crippen LogP contribution in [0.1, 0.15) is 20.8 Å². The Morgan fingerprint density at radius 2 is 2.00 bits per heavy atom. The number of thiocarbonyl (C=S) groups is 1. The molecule has 0 N–H and O–H groups in total. The first-order chi connectivity index (χ1) is 9.08. The minimum Gasteiger partial charge on any atom is -0.447 e. The molecule has 1 amide bonds. The summed E-state index contributed by atoms with van der Waals surface area (Å²) in [5.41, 5.74) is 1.06. The summed E-state index contributed by atoms with van der Waals surface area (Å²) in [4.78, 5) is 16.3. The van der Waals surface area contributed by atoms with Gasteiger partial charge in [0.05, 0.1) is 10.6 Å². The number of thioether (sulfide) groups is 1. The predicted octanol–water partition coefficient (Wildman–Crippen LogP) is 2.81. The molecule has 0 aromatic heterocycles. The summed E-state index contributed by atoms with van der Waals surface area (Å²) in [6.07, 6.45) is 5.30. The number of nitrogens with zero attached hydrogens (tertiary/aromatic N) is 2. The maximum Gasteiger partial charge on any atom is 0.266 e. The van der Waals surface area contributed by atoms with Gasteiger partial charge in [0, 0.05) is 19.2 Å². The van der Waals surface area contributed by atoms with Crippen LogP contribution < -0.4 is 0 Å². The van der Waals surface area contributed by atoms with Crippen molar-refractivity contribution >= 4 is 34.2 Å². The fourth-order valence-electron chi connectivity index (χ4n) is 1.91. The van der Waals surface area contributed by atoms with Crippen LogP contribution in [0, 0.1) is 0 Å². The molecule has 0 aliphatic carbocycles. The Morgan fingerprint density at radius 3 is 2.58 bits per heavy atom. The van der Waals surface area contributed by atoms with Crippen molar-refractivity contribution in [3.8, 4) is 0 Å². The summed E-state index contributed by atoms with van der Waals surface area (Å²) in [5.74, 6) is 0.710. The molecule has 0 aromatic carbocycles. The molecule has 2 aliphatic rings. The van der Waals surface area contributed by atoms with Crippen molar-refractivity contribution < 1.29 is 9.53 Å². The molecule has 0 radical (unpaired) electrons. The van der Waals surface area contributed by atoms with Crippen molar-refractivity contribution in [2.75, 3.05) is 13.1 Å². The lowest BCUT2D eigenvalue weighted by molar-refractivity contribution is -0.122. The van der Waals surface area contributed by atoms with Gasteiger partial charge in [-0.2, -0.15) is 0 Å². The van der Waals surface area contributed by atoms with Gasteiger partial charge in [0.2, 0.25) is 0 Å². The van der Waals surface area contributed by atoms with E-state index in [1.165, 1.54) is 11.8 Å². The van der Waals surface area contributed by atoms with Crippen LogP contribution in [0.4, 0.5) is 0 Å². The molecule has 1 saturated heterocycles. The van der Waals surface area contributed by atoms with Crippen molar-refractivity contribution in [2.24, 2.45) is 0 Å². The third-order valence-electron chi connectivity index (χ3n) is 2.93. The highest BCUT2D eigenvalue weighted by molar-refractivity contribution is 8.26. The summed E-state index contributed by atoms with van der Waals surface area (Å²) < 4.78 is 6.07. The van der Waals surface area contributed by atoms with Gasteiger partial charge in [0.15, 0.2) is 5.88 Å². The van der Waals surface area contributed by atoms with Crippen LogP contribution in [-0.2, 0) is 9.53 Å². The average Bonchev–Trinajstić information content (AvgIpc) is 2.87. The maximum atomic E-state index is 12.0. The van der Waals surface area contributed by atoms with Crippen molar-refractivity contribution in [2.45, 2.75) is 20.8 Å². The van der Waals surface area contributed by atoms with Crippen LogP contribution in [0.3, 0.4) is 0 Å². The number of carbonyl (C=O) groups excluding carboxylic acids is 1. The van der Waals surface area contributed by atoms with Crippen LogP contribution in [0.5, 0.6) is 0 Å². The molecule has 2 heterocycles. The molecule has 102 valence electrons. The van der Waals surface area contributed by atoms with E-state index in [0.717, 1.165) is 18.1 Å². The average molecular weight is 296 g/mol. The van der Waals surface area contributed by atoms with Gasteiger partial charge in [-0.15, -0.1) is 0 Å². The molecule has 1 fully saturated rings. The number of rotatable bonds is 3. The van der Waals surface area contributed by atoms with Crippen molar-refractivity contribution in [1.82, 2.24) is 9.80 Å². The highest BCUT2D eigenvalue weighted by Crippen LogP contribution is 2.31. The monoisotopic (exact) mass is 296 g/mol. The van der Waals surface area contributed by atoms with E-state index in [0.29, 0.717) is 15.8 Å². The van der Waals surface area contributed by atoms with E-state index in [2.05, 4.69) is 6.92 Å². The maximum absolute atomic E-state index is 12.0. The topological polar surface area (TPSA) is 32.8 Å². The fourth-order valence-corrected chi connectivity index (χ4v) is 3.24. The van der Waals surface area contributed by atoms with Crippen molar-refractivity contribution in [1.29, 1.82) is 0 Å². The molecule has 6 heteroatoms. The Hall–Kier alpha value is -1.27. The van der Waals surface area contributed by atoms with Crippen LogP contribution in [0.2, 0.25) is 0 Å². The quantitative estimate of drug-likeness (QED) is 0.591. The number of hydrogen-bond acceptors (Lipinski definition) is 5. The summed E-state index contributed by atoms with van der Waals surface area (Å²) in [6.45, 7) is 7.39. The van der Waals surface area contributed by atoms with Gasteiger partial charge >= 0.3 is 0 Å². The number of ether oxygens (including phenoxy) is 1.